The summed E-state index contributed by atoms with van der Waals surface area (Å²) in [6, 6.07) is 16.3. The lowest BCUT2D eigenvalue weighted by Gasteiger charge is -2.24. The fourth-order valence-electron chi connectivity index (χ4n) is 3.82. The van der Waals surface area contributed by atoms with Gasteiger partial charge in [-0.1, -0.05) is 55.0 Å². The Balaban J connectivity index is 1.55. The summed E-state index contributed by atoms with van der Waals surface area (Å²) in [6.07, 6.45) is 2.86. The summed E-state index contributed by atoms with van der Waals surface area (Å²) in [4.78, 5) is 23.7. The topological polar surface area (TPSA) is 95.4 Å². The van der Waals surface area contributed by atoms with E-state index in [0.29, 0.717) is 25.7 Å². The number of fused-ring (bicyclic) bond motifs is 3. The highest BCUT2D eigenvalue weighted by Crippen LogP contribution is 2.44. The predicted molar refractivity (Wildman–Crippen MR) is 115 cm³/mol. The van der Waals surface area contributed by atoms with Gasteiger partial charge in [0.2, 0.25) is 0 Å². The fourth-order valence-corrected chi connectivity index (χ4v) is 3.95. The lowest BCUT2D eigenvalue weighted by Crippen LogP contribution is -2.57. The molecule has 5 nitrogen and oxygen atoms in total. The molecule has 2 aromatic rings. The lowest BCUT2D eigenvalue weighted by molar-refractivity contribution is -0.150. The number of hydrogen-bond acceptors (Lipinski definition) is 5. The molecule has 0 saturated heterocycles. The molecule has 6 heteroatoms. The van der Waals surface area contributed by atoms with E-state index < -0.39 is 11.6 Å². The number of alkyl halides is 1. The van der Waals surface area contributed by atoms with Crippen LogP contribution in [0.2, 0.25) is 0 Å². The van der Waals surface area contributed by atoms with Gasteiger partial charge in [0.25, 0.3) is 0 Å². The van der Waals surface area contributed by atoms with E-state index in [4.69, 9.17) is 27.8 Å². The van der Waals surface area contributed by atoms with Crippen molar-refractivity contribution in [3.05, 3.63) is 59.7 Å². The van der Waals surface area contributed by atoms with Crippen molar-refractivity contribution >= 4 is 23.4 Å². The summed E-state index contributed by atoms with van der Waals surface area (Å²) >= 11 is 5.48. The molecule has 154 valence electrons. The maximum Gasteiger partial charge on any atom is 0.340 e. The molecular weight excluding hydrogens is 388 g/mol. The van der Waals surface area contributed by atoms with E-state index in [-0.39, 0.29) is 24.2 Å². The number of nitrogens with two attached hydrogens (primary N) is 2. The number of halogens is 1. The SMILES string of the molecule is NC(N)(CCCCCC(=O)CCl)C(=O)OCC1c2ccccc2-c2ccccc21. The highest BCUT2D eigenvalue weighted by molar-refractivity contribution is 6.27. The highest BCUT2D eigenvalue weighted by Gasteiger charge is 2.33. The van der Waals surface area contributed by atoms with Crippen LogP contribution in [0.4, 0.5) is 0 Å². The maximum atomic E-state index is 12.5. The van der Waals surface area contributed by atoms with Gasteiger partial charge in [-0.25, -0.2) is 4.79 Å². The van der Waals surface area contributed by atoms with Crippen LogP contribution in [0.25, 0.3) is 11.1 Å². The minimum atomic E-state index is -1.53. The van der Waals surface area contributed by atoms with Gasteiger partial charge in [-0.05, 0) is 41.5 Å². The van der Waals surface area contributed by atoms with Gasteiger partial charge < -0.3 is 16.2 Å². The van der Waals surface area contributed by atoms with Crippen LogP contribution in [0.1, 0.15) is 49.1 Å². The zero-order valence-electron chi connectivity index (χ0n) is 16.4. The summed E-state index contributed by atoms with van der Waals surface area (Å²) in [5.74, 6) is -0.563. The summed E-state index contributed by atoms with van der Waals surface area (Å²) in [6.45, 7) is 0.202. The number of unbranched alkanes of at least 4 members (excludes halogenated alkanes) is 2. The molecule has 0 radical (unpaired) electrons. The van der Waals surface area contributed by atoms with E-state index in [2.05, 4.69) is 24.3 Å². The van der Waals surface area contributed by atoms with Crippen LogP contribution in [0.15, 0.2) is 48.5 Å². The molecular formula is C23H27ClN2O3. The Hall–Kier alpha value is -2.21. The molecule has 0 heterocycles. The van der Waals surface area contributed by atoms with Crippen LogP contribution < -0.4 is 11.5 Å². The van der Waals surface area contributed by atoms with Crippen molar-refractivity contribution in [3.63, 3.8) is 0 Å². The number of carbonyl (C=O) groups excluding carboxylic acids is 2. The largest absolute Gasteiger partial charge is 0.462 e. The van der Waals surface area contributed by atoms with Crippen molar-refractivity contribution in [2.45, 2.75) is 43.7 Å². The molecule has 29 heavy (non-hydrogen) atoms. The second kappa shape index (κ2) is 9.53. The molecule has 0 atom stereocenters. The molecule has 1 aliphatic rings. The molecule has 0 fully saturated rings. The van der Waals surface area contributed by atoms with Crippen LogP contribution in [-0.2, 0) is 14.3 Å². The van der Waals surface area contributed by atoms with Crippen molar-refractivity contribution in [1.82, 2.24) is 0 Å². The van der Waals surface area contributed by atoms with E-state index >= 15 is 0 Å². The third-order valence-corrected chi connectivity index (χ3v) is 5.72. The van der Waals surface area contributed by atoms with Gasteiger partial charge >= 0.3 is 5.97 Å². The number of rotatable bonds is 10. The smallest absolute Gasteiger partial charge is 0.340 e. The highest BCUT2D eigenvalue weighted by atomic mass is 35.5. The first-order chi connectivity index (χ1) is 13.9. The van der Waals surface area contributed by atoms with Crippen LogP contribution in [0.5, 0.6) is 0 Å². The number of ether oxygens (including phenoxy) is 1. The molecule has 0 bridgehead atoms. The van der Waals surface area contributed by atoms with E-state index in [1.54, 1.807) is 0 Å². The molecule has 3 rings (SSSR count). The molecule has 0 aliphatic heterocycles. The molecule has 0 saturated carbocycles. The number of hydrogen-bond donors (Lipinski definition) is 2. The Bertz CT molecular complexity index is 836. The molecule has 2 aromatic carbocycles. The van der Waals surface area contributed by atoms with Gasteiger partial charge in [0.1, 0.15) is 12.4 Å². The van der Waals surface area contributed by atoms with Crippen LogP contribution >= 0.6 is 11.6 Å². The molecule has 0 amide bonds. The zero-order valence-corrected chi connectivity index (χ0v) is 17.2. The van der Waals surface area contributed by atoms with E-state index in [1.807, 2.05) is 24.3 Å². The maximum absolute atomic E-state index is 12.5. The quantitative estimate of drug-likeness (QED) is 0.267. The first kappa shape index (κ1) is 21.5. The van der Waals surface area contributed by atoms with Gasteiger partial charge in [0.05, 0.1) is 5.88 Å². The van der Waals surface area contributed by atoms with Gasteiger partial charge in [0.15, 0.2) is 5.66 Å². The Kier molecular flexibility index (Phi) is 7.06. The Morgan fingerprint density at radius 2 is 1.52 bits per heavy atom. The molecule has 0 aromatic heterocycles. The number of esters is 1. The van der Waals surface area contributed by atoms with Crippen LogP contribution in [-0.4, -0.2) is 29.9 Å². The predicted octanol–water partition coefficient (Wildman–Crippen LogP) is 3.71. The van der Waals surface area contributed by atoms with Gasteiger partial charge in [0, 0.05) is 12.3 Å². The summed E-state index contributed by atoms with van der Waals surface area (Å²) in [5, 5.41) is 0. The first-order valence-electron chi connectivity index (χ1n) is 9.95. The summed E-state index contributed by atoms with van der Waals surface area (Å²) < 4.78 is 5.56. The molecule has 1 aliphatic carbocycles. The minimum absolute atomic E-state index is 0.0231. The summed E-state index contributed by atoms with van der Waals surface area (Å²) in [7, 11) is 0. The normalized spacial score (nSPS) is 13.1. The van der Waals surface area contributed by atoms with Gasteiger partial charge in [-0.2, -0.15) is 0 Å². The van der Waals surface area contributed by atoms with Crippen molar-refractivity contribution < 1.29 is 14.3 Å². The second-order valence-corrected chi connectivity index (χ2v) is 7.87. The van der Waals surface area contributed by atoms with Crippen molar-refractivity contribution in [3.8, 4) is 11.1 Å². The third-order valence-electron chi connectivity index (χ3n) is 5.42. The third kappa shape index (κ3) is 5.04. The van der Waals surface area contributed by atoms with Crippen molar-refractivity contribution in [1.29, 1.82) is 0 Å². The van der Waals surface area contributed by atoms with Crippen LogP contribution in [0.3, 0.4) is 0 Å². The second-order valence-electron chi connectivity index (χ2n) is 7.60. The Morgan fingerprint density at radius 1 is 0.931 bits per heavy atom. The number of ketones is 1. The van der Waals surface area contributed by atoms with E-state index in [9.17, 15) is 9.59 Å². The average molecular weight is 415 g/mol. The molecule has 0 spiro atoms. The number of benzene rings is 2. The first-order valence-corrected chi connectivity index (χ1v) is 10.5. The van der Waals surface area contributed by atoms with Crippen molar-refractivity contribution in [2.75, 3.05) is 12.5 Å². The summed E-state index contributed by atoms with van der Waals surface area (Å²) in [5.41, 5.74) is 15.1. The van der Waals surface area contributed by atoms with E-state index in [0.717, 1.165) is 17.5 Å². The molecule has 0 unspecified atom stereocenters. The zero-order chi connectivity index (χ0) is 20.9. The Morgan fingerprint density at radius 3 is 2.10 bits per heavy atom. The van der Waals surface area contributed by atoms with Gasteiger partial charge in [-0.15, -0.1) is 11.6 Å². The fraction of sp³-hybridized carbons (Fsp3) is 0.391. The number of Topliss-reactive ketones (excluding diaryl/α,β-unsaturated/α-hetero) is 1. The van der Waals surface area contributed by atoms with Gasteiger partial charge in [-0.3, -0.25) is 4.79 Å². The van der Waals surface area contributed by atoms with Crippen LogP contribution in [0, 0.1) is 0 Å². The van der Waals surface area contributed by atoms with Crippen molar-refractivity contribution in [2.24, 2.45) is 11.5 Å². The average Bonchev–Trinajstić information content (AvgIpc) is 3.05. The minimum Gasteiger partial charge on any atom is -0.462 e. The monoisotopic (exact) mass is 414 g/mol. The number of carbonyl (C=O) groups is 2. The van der Waals surface area contributed by atoms with E-state index in [1.165, 1.54) is 11.1 Å². The molecule has 4 N–H and O–H groups in total. The Labute approximate surface area is 176 Å². The standard InChI is InChI=1S/C23H27ClN2O3/c24-14-16(27)8-2-1-7-13-23(25,26)22(28)29-15-21-19-11-5-3-9-17(19)18-10-4-6-12-20(18)21/h3-6,9-12,21H,1-2,7-8,13-15,25-26H2. The lowest BCUT2D eigenvalue weighted by atomic mass is 9.98.